The van der Waals surface area contributed by atoms with Gasteiger partial charge in [0.05, 0.1) is 13.1 Å². The molecule has 0 saturated carbocycles. The number of tetrazole rings is 1. The monoisotopic (exact) mass is 322 g/mol. The summed E-state index contributed by atoms with van der Waals surface area (Å²) in [7, 11) is 4.03. The van der Waals surface area contributed by atoms with Crippen LogP contribution in [-0.2, 0) is 17.9 Å². The summed E-state index contributed by atoms with van der Waals surface area (Å²) in [6.45, 7) is 4.83. The minimum Gasteiger partial charge on any atom is -0.336 e. The Balaban J connectivity index is 1.94. The molecule has 0 N–H and O–H groups in total. The summed E-state index contributed by atoms with van der Waals surface area (Å²) in [6, 6.07) is 4.19. The third kappa shape index (κ3) is 5.19. The Labute approximate surface area is 134 Å². The second-order valence-electron chi connectivity index (χ2n) is 5.45. The fourth-order valence-corrected chi connectivity index (χ4v) is 2.93. The molecule has 0 aliphatic rings. The van der Waals surface area contributed by atoms with Crippen molar-refractivity contribution in [2.24, 2.45) is 0 Å². The van der Waals surface area contributed by atoms with E-state index in [1.165, 1.54) is 16.1 Å². The zero-order chi connectivity index (χ0) is 15.9. The van der Waals surface area contributed by atoms with Gasteiger partial charge in [0.2, 0.25) is 5.91 Å². The first-order chi connectivity index (χ1) is 10.5. The molecule has 0 fully saturated rings. The van der Waals surface area contributed by atoms with Gasteiger partial charge in [0.25, 0.3) is 0 Å². The van der Waals surface area contributed by atoms with Crippen LogP contribution in [-0.4, -0.2) is 63.1 Å². The molecule has 2 aromatic heterocycles. The Morgan fingerprint density at radius 2 is 2.14 bits per heavy atom. The Hall–Kier alpha value is -1.80. The van der Waals surface area contributed by atoms with Gasteiger partial charge < -0.3 is 9.80 Å². The number of hydrogen-bond acceptors (Lipinski definition) is 6. The van der Waals surface area contributed by atoms with Gasteiger partial charge in [0.15, 0.2) is 0 Å². The summed E-state index contributed by atoms with van der Waals surface area (Å²) in [4.78, 5) is 19.0. The molecule has 0 aliphatic heterocycles. The highest BCUT2D eigenvalue weighted by Crippen LogP contribution is 2.17. The minimum atomic E-state index is 0.128. The maximum Gasteiger partial charge on any atom is 0.224 e. The van der Waals surface area contributed by atoms with Crippen LogP contribution in [0.5, 0.6) is 0 Å². The average molecular weight is 322 g/mol. The maximum atomic E-state index is 12.5. The molecule has 1 amide bonds. The molecule has 2 heterocycles. The van der Waals surface area contributed by atoms with Gasteiger partial charge >= 0.3 is 0 Å². The summed E-state index contributed by atoms with van der Waals surface area (Å²) >= 11 is 1.74. The number of aromatic nitrogens is 4. The Morgan fingerprint density at radius 1 is 1.32 bits per heavy atom. The summed E-state index contributed by atoms with van der Waals surface area (Å²) in [5.74, 6) is 0.128. The van der Waals surface area contributed by atoms with Crippen LogP contribution in [0, 0.1) is 6.92 Å². The van der Waals surface area contributed by atoms with E-state index in [1.807, 2.05) is 19.0 Å². The molecule has 2 aromatic rings. The molecule has 7 nitrogen and oxygen atoms in total. The standard InChI is InChI=1S/C14H22N6OS/c1-12-4-5-13(22-12)10-19(9-8-18(2)3)14(21)6-7-20-11-15-16-17-20/h4-5,11H,6-10H2,1-3H3. The van der Waals surface area contributed by atoms with Crippen molar-refractivity contribution >= 4 is 17.2 Å². The van der Waals surface area contributed by atoms with Crippen LogP contribution >= 0.6 is 11.3 Å². The zero-order valence-corrected chi connectivity index (χ0v) is 14.1. The highest BCUT2D eigenvalue weighted by molar-refractivity contribution is 7.11. The van der Waals surface area contributed by atoms with E-state index in [9.17, 15) is 4.79 Å². The fourth-order valence-electron chi connectivity index (χ4n) is 2.02. The number of nitrogens with zero attached hydrogens (tertiary/aromatic N) is 6. The first kappa shape index (κ1) is 16.6. The number of hydrogen-bond donors (Lipinski definition) is 0. The summed E-state index contributed by atoms with van der Waals surface area (Å²) in [6.07, 6.45) is 1.93. The number of thiophene rings is 1. The predicted molar refractivity (Wildman–Crippen MR) is 85.5 cm³/mol. The first-order valence-corrected chi connectivity index (χ1v) is 8.05. The van der Waals surface area contributed by atoms with Crippen molar-refractivity contribution in [3.05, 3.63) is 28.2 Å². The number of carbonyl (C=O) groups is 1. The smallest absolute Gasteiger partial charge is 0.224 e. The first-order valence-electron chi connectivity index (χ1n) is 7.23. The number of likely N-dealkylation sites (N-methyl/N-ethyl adjacent to an activating group) is 1. The van der Waals surface area contributed by atoms with Gasteiger partial charge in [-0.05, 0) is 43.6 Å². The number of carbonyl (C=O) groups excluding carboxylic acids is 1. The van der Waals surface area contributed by atoms with E-state index < -0.39 is 0 Å². The highest BCUT2D eigenvalue weighted by Gasteiger charge is 2.15. The van der Waals surface area contributed by atoms with E-state index in [1.54, 1.807) is 16.0 Å². The van der Waals surface area contributed by atoms with Crippen molar-refractivity contribution in [1.29, 1.82) is 0 Å². The Bertz CT molecular complexity index is 580. The molecular weight excluding hydrogens is 300 g/mol. The second kappa shape index (κ2) is 8.00. The van der Waals surface area contributed by atoms with Gasteiger partial charge in [-0.2, -0.15) is 0 Å². The summed E-state index contributed by atoms with van der Waals surface area (Å²) in [5.41, 5.74) is 0. The van der Waals surface area contributed by atoms with E-state index >= 15 is 0 Å². The molecule has 0 saturated heterocycles. The number of rotatable bonds is 8. The molecule has 0 bridgehead atoms. The topological polar surface area (TPSA) is 67.2 Å². The Kier molecular flexibility index (Phi) is 6.02. The summed E-state index contributed by atoms with van der Waals surface area (Å²) < 4.78 is 1.58. The van der Waals surface area contributed by atoms with Crippen molar-refractivity contribution in [1.82, 2.24) is 30.0 Å². The van der Waals surface area contributed by atoms with Gasteiger partial charge in [0.1, 0.15) is 6.33 Å². The molecule has 2 rings (SSSR count). The van der Waals surface area contributed by atoms with Gasteiger partial charge in [-0.1, -0.05) is 0 Å². The molecule has 0 aromatic carbocycles. The van der Waals surface area contributed by atoms with Crippen molar-refractivity contribution in [2.75, 3.05) is 27.2 Å². The molecule has 22 heavy (non-hydrogen) atoms. The lowest BCUT2D eigenvalue weighted by Gasteiger charge is -2.24. The van der Waals surface area contributed by atoms with Crippen molar-refractivity contribution in [3.8, 4) is 0 Å². The maximum absolute atomic E-state index is 12.5. The van der Waals surface area contributed by atoms with E-state index in [2.05, 4.69) is 39.5 Å². The highest BCUT2D eigenvalue weighted by atomic mass is 32.1. The average Bonchev–Trinajstić information content (AvgIpc) is 3.12. The molecule has 0 spiro atoms. The quantitative estimate of drug-likeness (QED) is 0.726. The van der Waals surface area contributed by atoms with Crippen LogP contribution in [0.2, 0.25) is 0 Å². The number of amides is 1. The van der Waals surface area contributed by atoms with Crippen LogP contribution in [0.1, 0.15) is 16.2 Å². The van der Waals surface area contributed by atoms with Crippen LogP contribution in [0.25, 0.3) is 0 Å². The molecule has 0 unspecified atom stereocenters. The van der Waals surface area contributed by atoms with E-state index in [-0.39, 0.29) is 5.91 Å². The number of aryl methyl sites for hydroxylation is 2. The zero-order valence-electron chi connectivity index (χ0n) is 13.3. The normalized spacial score (nSPS) is 11.1. The van der Waals surface area contributed by atoms with Gasteiger partial charge in [-0.15, -0.1) is 16.4 Å². The fraction of sp³-hybridized carbons (Fsp3) is 0.571. The van der Waals surface area contributed by atoms with Crippen molar-refractivity contribution < 1.29 is 4.79 Å². The van der Waals surface area contributed by atoms with E-state index in [0.717, 1.165) is 13.1 Å². The van der Waals surface area contributed by atoms with Crippen LogP contribution in [0.4, 0.5) is 0 Å². The van der Waals surface area contributed by atoms with E-state index in [4.69, 9.17) is 0 Å². The third-order valence-electron chi connectivity index (χ3n) is 3.26. The van der Waals surface area contributed by atoms with Gasteiger partial charge in [-0.3, -0.25) is 4.79 Å². The predicted octanol–water partition coefficient (Wildman–Crippen LogP) is 1.02. The molecular formula is C14H22N6OS. The lowest BCUT2D eigenvalue weighted by molar-refractivity contribution is -0.132. The molecule has 0 atom stereocenters. The van der Waals surface area contributed by atoms with Gasteiger partial charge in [-0.25, -0.2) is 4.68 Å². The van der Waals surface area contributed by atoms with Crippen LogP contribution in [0.15, 0.2) is 18.5 Å². The molecule has 120 valence electrons. The molecule has 0 radical (unpaired) electrons. The minimum absolute atomic E-state index is 0.128. The molecule has 8 heteroatoms. The SMILES string of the molecule is Cc1ccc(CN(CCN(C)C)C(=O)CCn2cnnn2)s1. The van der Waals surface area contributed by atoms with Crippen LogP contribution in [0.3, 0.4) is 0 Å². The van der Waals surface area contributed by atoms with Crippen LogP contribution < -0.4 is 0 Å². The molecule has 0 aliphatic carbocycles. The lowest BCUT2D eigenvalue weighted by atomic mass is 10.3. The second-order valence-corrected chi connectivity index (χ2v) is 6.83. The third-order valence-corrected chi connectivity index (χ3v) is 4.24. The lowest BCUT2D eigenvalue weighted by Crippen LogP contribution is -2.36. The summed E-state index contributed by atoms with van der Waals surface area (Å²) in [5, 5.41) is 10.9. The van der Waals surface area contributed by atoms with Gasteiger partial charge in [0, 0.05) is 29.3 Å². The van der Waals surface area contributed by atoms with Crippen molar-refractivity contribution in [3.63, 3.8) is 0 Å². The largest absolute Gasteiger partial charge is 0.336 e. The van der Waals surface area contributed by atoms with E-state index in [0.29, 0.717) is 19.5 Å². The van der Waals surface area contributed by atoms with Crippen molar-refractivity contribution in [2.45, 2.75) is 26.4 Å². The Morgan fingerprint density at radius 3 is 2.73 bits per heavy atom.